The number of rotatable bonds is 6. The predicted octanol–water partition coefficient (Wildman–Crippen LogP) is 2.60. The van der Waals surface area contributed by atoms with Gasteiger partial charge in [-0.1, -0.05) is 12.1 Å². The summed E-state index contributed by atoms with van der Waals surface area (Å²) >= 11 is 0. The molecule has 4 fully saturated rings. The Morgan fingerprint density at radius 3 is 2.42 bits per heavy atom. The second-order valence-corrected chi connectivity index (χ2v) is 9.82. The standard InChI is InChI=1S/C24H30N4O3/c1-2-28(14-20-26-19-6-4-3-5-18(19)22(30)27-20)21(29)13-25-23(31)24-10-15-7-16(11-24)9-17(8-15)12-24/h3-6,15-17H,2,7-14H2,1H3,(H,25,31)(H,26,27,30). The van der Waals surface area contributed by atoms with E-state index in [1.54, 1.807) is 23.1 Å². The van der Waals surface area contributed by atoms with Crippen molar-refractivity contribution in [2.45, 2.75) is 52.0 Å². The highest BCUT2D eigenvalue weighted by atomic mass is 16.2. The molecule has 31 heavy (non-hydrogen) atoms. The minimum atomic E-state index is -0.253. The van der Waals surface area contributed by atoms with Gasteiger partial charge in [-0.25, -0.2) is 4.98 Å². The average molecular weight is 423 g/mol. The van der Waals surface area contributed by atoms with Crippen LogP contribution in [0.5, 0.6) is 0 Å². The summed E-state index contributed by atoms with van der Waals surface area (Å²) in [5, 5.41) is 3.49. The second-order valence-electron chi connectivity index (χ2n) is 9.82. The van der Waals surface area contributed by atoms with Crippen molar-refractivity contribution in [2.24, 2.45) is 23.2 Å². The van der Waals surface area contributed by atoms with Crippen molar-refractivity contribution in [1.82, 2.24) is 20.2 Å². The minimum Gasteiger partial charge on any atom is -0.347 e. The van der Waals surface area contributed by atoms with Crippen molar-refractivity contribution in [2.75, 3.05) is 13.1 Å². The third-order valence-corrected chi connectivity index (χ3v) is 7.66. The number of carbonyl (C=O) groups is 2. The molecule has 0 saturated heterocycles. The number of hydrogen-bond donors (Lipinski definition) is 2. The lowest BCUT2D eigenvalue weighted by molar-refractivity contribution is -0.148. The lowest BCUT2D eigenvalue weighted by Crippen LogP contribution is -2.54. The fourth-order valence-corrected chi connectivity index (χ4v) is 6.61. The summed E-state index contributed by atoms with van der Waals surface area (Å²) in [6, 6.07) is 7.15. The Bertz CT molecular complexity index is 1040. The number of fused-ring (bicyclic) bond motifs is 1. The van der Waals surface area contributed by atoms with Crippen LogP contribution in [0.15, 0.2) is 29.1 Å². The molecule has 1 heterocycles. The van der Waals surface area contributed by atoms with Gasteiger partial charge in [-0.15, -0.1) is 0 Å². The first-order valence-electron chi connectivity index (χ1n) is 11.5. The van der Waals surface area contributed by atoms with Gasteiger partial charge in [0.25, 0.3) is 5.56 Å². The van der Waals surface area contributed by atoms with Crippen LogP contribution in [0.1, 0.15) is 51.3 Å². The van der Waals surface area contributed by atoms with Gasteiger partial charge in [0.05, 0.1) is 24.0 Å². The topological polar surface area (TPSA) is 95.2 Å². The number of amides is 2. The Labute approximate surface area is 181 Å². The highest BCUT2D eigenvalue weighted by molar-refractivity contribution is 5.88. The molecule has 0 aliphatic heterocycles. The molecule has 7 heteroatoms. The fourth-order valence-electron chi connectivity index (χ4n) is 6.61. The first kappa shape index (κ1) is 20.2. The van der Waals surface area contributed by atoms with Crippen molar-refractivity contribution in [3.05, 3.63) is 40.4 Å². The molecule has 1 aromatic heterocycles. The summed E-state index contributed by atoms with van der Waals surface area (Å²) < 4.78 is 0. The van der Waals surface area contributed by atoms with Crippen molar-refractivity contribution in [1.29, 1.82) is 0 Å². The average Bonchev–Trinajstić information content (AvgIpc) is 2.74. The van der Waals surface area contributed by atoms with Gasteiger partial charge >= 0.3 is 0 Å². The maximum atomic E-state index is 13.1. The van der Waals surface area contributed by atoms with Gasteiger partial charge in [0.15, 0.2) is 0 Å². The summed E-state index contributed by atoms with van der Waals surface area (Å²) in [4.78, 5) is 47.2. The Hall–Kier alpha value is -2.70. The van der Waals surface area contributed by atoms with Gasteiger partial charge in [-0.2, -0.15) is 0 Å². The van der Waals surface area contributed by atoms with Crippen LogP contribution in [0.2, 0.25) is 0 Å². The molecule has 2 N–H and O–H groups in total. The van der Waals surface area contributed by atoms with Gasteiger partial charge in [0.1, 0.15) is 5.82 Å². The van der Waals surface area contributed by atoms with Crippen LogP contribution in [-0.2, 0) is 16.1 Å². The largest absolute Gasteiger partial charge is 0.347 e. The Morgan fingerprint density at radius 2 is 1.77 bits per heavy atom. The minimum absolute atomic E-state index is 0.00770. The van der Waals surface area contributed by atoms with E-state index in [1.165, 1.54) is 19.3 Å². The molecule has 2 aromatic rings. The number of likely N-dealkylation sites (N-methyl/N-ethyl adjacent to an activating group) is 1. The first-order valence-corrected chi connectivity index (χ1v) is 11.5. The van der Waals surface area contributed by atoms with Crippen LogP contribution in [0.3, 0.4) is 0 Å². The monoisotopic (exact) mass is 422 g/mol. The van der Waals surface area contributed by atoms with Crippen molar-refractivity contribution >= 4 is 22.7 Å². The third-order valence-electron chi connectivity index (χ3n) is 7.66. The van der Waals surface area contributed by atoms with Gasteiger partial charge in [-0.05, 0) is 75.3 Å². The molecule has 0 atom stereocenters. The molecule has 4 aliphatic rings. The van der Waals surface area contributed by atoms with Crippen LogP contribution in [0, 0.1) is 23.2 Å². The molecule has 4 saturated carbocycles. The third kappa shape index (κ3) is 3.75. The van der Waals surface area contributed by atoms with Gasteiger partial charge in [0.2, 0.25) is 11.8 Å². The lowest BCUT2D eigenvalue weighted by atomic mass is 9.49. The van der Waals surface area contributed by atoms with E-state index < -0.39 is 0 Å². The summed E-state index contributed by atoms with van der Waals surface area (Å²) in [7, 11) is 0. The summed E-state index contributed by atoms with van der Waals surface area (Å²) in [5.74, 6) is 2.43. The zero-order valence-corrected chi connectivity index (χ0v) is 18.0. The lowest BCUT2D eigenvalue weighted by Gasteiger charge is -2.55. The number of aromatic amines is 1. The van der Waals surface area contributed by atoms with E-state index in [2.05, 4.69) is 15.3 Å². The molecule has 4 aliphatic carbocycles. The van der Waals surface area contributed by atoms with E-state index in [4.69, 9.17) is 0 Å². The summed E-state index contributed by atoms with van der Waals surface area (Å²) in [6.45, 7) is 2.56. The smallest absolute Gasteiger partial charge is 0.258 e. The molecular formula is C24H30N4O3. The van der Waals surface area contributed by atoms with E-state index in [1.807, 2.05) is 13.0 Å². The van der Waals surface area contributed by atoms with Crippen molar-refractivity contribution in [3.63, 3.8) is 0 Å². The van der Waals surface area contributed by atoms with Crippen molar-refractivity contribution in [3.8, 4) is 0 Å². The second kappa shape index (κ2) is 7.77. The first-order chi connectivity index (χ1) is 15.0. The van der Waals surface area contributed by atoms with Crippen LogP contribution in [0.25, 0.3) is 10.9 Å². The van der Waals surface area contributed by atoms with E-state index in [-0.39, 0.29) is 35.9 Å². The van der Waals surface area contributed by atoms with Gasteiger partial charge < -0.3 is 15.2 Å². The normalized spacial score (nSPS) is 28.6. The molecule has 164 valence electrons. The molecule has 2 amide bonds. The Kier molecular flexibility index (Phi) is 5.07. The number of benzene rings is 1. The summed E-state index contributed by atoms with van der Waals surface area (Å²) in [5.41, 5.74) is 0.149. The molecule has 0 unspecified atom stereocenters. The number of nitrogens with one attached hydrogen (secondary N) is 2. The van der Waals surface area contributed by atoms with E-state index in [9.17, 15) is 14.4 Å². The highest BCUT2D eigenvalue weighted by Crippen LogP contribution is 2.60. The van der Waals surface area contributed by atoms with E-state index in [0.29, 0.717) is 41.0 Å². The Balaban J connectivity index is 1.23. The SMILES string of the molecule is CCN(Cc1nc2ccccc2c(=O)[nH]1)C(=O)CNC(=O)C12CC3CC(CC(C3)C1)C2. The fraction of sp³-hybridized carbons (Fsp3) is 0.583. The number of carbonyl (C=O) groups excluding carboxylic acids is 2. The van der Waals surface area contributed by atoms with Crippen LogP contribution >= 0.6 is 0 Å². The molecule has 4 bridgehead atoms. The quantitative estimate of drug-likeness (QED) is 0.748. The summed E-state index contributed by atoms with van der Waals surface area (Å²) in [6.07, 6.45) is 6.81. The Morgan fingerprint density at radius 1 is 1.13 bits per heavy atom. The zero-order chi connectivity index (χ0) is 21.6. The molecule has 7 nitrogen and oxygen atoms in total. The maximum Gasteiger partial charge on any atom is 0.258 e. The van der Waals surface area contributed by atoms with Crippen molar-refractivity contribution < 1.29 is 9.59 Å². The molecule has 6 rings (SSSR count). The van der Waals surface area contributed by atoms with Crippen LogP contribution < -0.4 is 10.9 Å². The predicted molar refractivity (Wildman–Crippen MR) is 117 cm³/mol. The number of para-hydroxylation sites is 1. The molecular weight excluding hydrogens is 392 g/mol. The van der Waals surface area contributed by atoms with E-state index >= 15 is 0 Å². The molecule has 1 aromatic carbocycles. The van der Waals surface area contributed by atoms with Crippen LogP contribution in [-0.4, -0.2) is 39.8 Å². The van der Waals surface area contributed by atoms with Crippen LogP contribution in [0.4, 0.5) is 0 Å². The number of hydrogen-bond acceptors (Lipinski definition) is 4. The van der Waals surface area contributed by atoms with Gasteiger partial charge in [-0.3, -0.25) is 14.4 Å². The number of aromatic nitrogens is 2. The van der Waals surface area contributed by atoms with Gasteiger partial charge in [0, 0.05) is 12.0 Å². The maximum absolute atomic E-state index is 13.1. The molecule has 0 spiro atoms. The molecule has 0 radical (unpaired) electrons. The number of H-pyrrole nitrogens is 1. The highest BCUT2D eigenvalue weighted by Gasteiger charge is 2.54. The zero-order valence-electron chi connectivity index (χ0n) is 18.0. The van der Waals surface area contributed by atoms with E-state index in [0.717, 1.165) is 19.3 Å². The number of nitrogens with zero attached hydrogens (tertiary/aromatic N) is 2.